The molecule has 2 heterocycles. The van der Waals surface area contributed by atoms with E-state index in [1.54, 1.807) is 32.7 Å². The van der Waals surface area contributed by atoms with Crippen LogP contribution in [0.25, 0.3) is 0 Å². The largest absolute Gasteiger partial charge is 0.478 e. The maximum Gasteiger partial charge on any atom is 0.357 e. The van der Waals surface area contributed by atoms with Crippen molar-refractivity contribution < 1.29 is 24.2 Å². The summed E-state index contributed by atoms with van der Waals surface area (Å²) in [6, 6.07) is 0. The summed E-state index contributed by atoms with van der Waals surface area (Å²) in [5, 5.41) is 11.9. The Hall–Kier alpha value is -1.89. The van der Waals surface area contributed by atoms with Crippen LogP contribution in [0.1, 0.15) is 27.7 Å². The molecule has 110 valence electrons. The second-order valence-corrected chi connectivity index (χ2v) is 6.03. The van der Waals surface area contributed by atoms with Crippen molar-refractivity contribution in [2.24, 2.45) is 5.92 Å². The zero-order valence-electron chi connectivity index (χ0n) is 12.0. The molecule has 2 rings (SSSR count). The average Bonchev–Trinajstić information content (AvgIpc) is 2.75. The first-order valence-corrected chi connectivity index (χ1v) is 6.40. The number of hydrazine groups is 1. The molecule has 0 spiro atoms. The van der Waals surface area contributed by atoms with Crippen molar-refractivity contribution >= 4 is 17.8 Å². The Morgan fingerprint density at radius 3 is 2.45 bits per heavy atom. The first kappa shape index (κ1) is 14.5. The van der Waals surface area contributed by atoms with E-state index in [9.17, 15) is 19.5 Å². The standard InChI is InChI=1S/C13H18N2O5/c1-7-5-14-6-8(11(17)18)9(15(14)10(7)16)12(19)20-13(2,3)4/h7H,5-6H2,1-4H3,(H,17,18)/t7-/m0/s1. The lowest BCUT2D eigenvalue weighted by atomic mass is 10.1. The smallest absolute Gasteiger partial charge is 0.357 e. The van der Waals surface area contributed by atoms with Crippen molar-refractivity contribution in [1.82, 2.24) is 10.0 Å². The molecule has 0 unspecified atom stereocenters. The predicted molar refractivity (Wildman–Crippen MR) is 68.1 cm³/mol. The number of ether oxygens (including phenoxy) is 1. The Bertz CT molecular complexity index is 517. The SMILES string of the molecule is C[C@H]1CN2CC(C(=O)O)=C(C(=O)OC(C)(C)C)N2C1=O. The zero-order valence-corrected chi connectivity index (χ0v) is 12.0. The van der Waals surface area contributed by atoms with E-state index >= 15 is 0 Å². The summed E-state index contributed by atoms with van der Waals surface area (Å²) >= 11 is 0. The third-order valence-corrected chi connectivity index (χ3v) is 3.09. The Morgan fingerprint density at radius 1 is 1.35 bits per heavy atom. The second-order valence-electron chi connectivity index (χ2n) is 6.03. The normalized spacial score (nSPS) is 23.3. The van der Waals surface area contributed by atoms with Gasteiger partial charge in [0, 0.05) is 6.54 Å². The van der Waals surface area contributed by atoms with E-state index in [4.69, 9.17) is 4.74 Å². The van der Waals surface area contributed by atoms with E-state index in [1.807, 2.05) is 0 Å². The first-order chi connectivity index (χ1) is 9.11. The number of carbonyl (C=O) groups is 3. The van der Waals surface area contributed by atoms with Gasteiger partial charge < -0.3 is 9.84 Å². The van der Waals surface area contributed by atoms with E-state index in [-0.39, 0.29) is 29.6 Å². The molecule has 0 aromatic rings. The molecule has 0 aliphatic carbocycles. The number of hydrogen-bond donors (Lipinski definition) is 1. The fourth-order valence-corrected chi connectivity index (χ4v) is 2.30. The van der Waals surface area contributed by atoms with E-state index in [0.717, 1.165) is 5.01 Å². The molecule has 1 fully saturated rings. The van der Waals surface area contributed by atoms with Gasteiger partial charge >= 0.3 is 11.9 Å². The molecule has 2 aliphatic rings. The van der Waals surface area contributed by atoms with E-state index < -0.39 is 17.5 Å². The van der Waals surface area contributed by atoms with Crippen LogP contribution in [0.3, 0.4) is 0 Å². The maximum atomic E-state index is 12.2. The van der Waals surface area contributed by atoms with E-state index in [1.165, 1.54) is 0 Å². The predicted octanol–water partition coefficient (Wildman–Crippen LogP) is 0.376. The molecule has 0 bridgehead atoms. The van der Waals surface area contributed by atoms with Gasteiger partial charge in [0.1, 0.15) is 5.60 Å². The Labute approximate surface area is 116 Å². The summed E-state index contributed by atoms with van der Waals surface area (Å²) in [5.74, 6) is -2.52. The van der Waals surface area contributed by atoms with Gasteiger partial charge in [0.2, 0.25) is 5.91 Å². The summed E-state index contributed by atoms with van der Waals surface area (Å²) in [4.78, 5) is 35.6. The van der Waals surface area contributed by atoms with Gasteiger partial charge in [0.25, 0.3) is 0 Å². The van der Waals surface area contributed by atoms with Crippen molar-refractivity contribution in [1.29, 1.82) is 0 Å². The lowest BCUT2D eigenvalue weighted by Crippen LogP contribution is -2.37. The van der Waals surface area contributed by atoms with Crippen LogP contribution < -0.4 is 0 Å². The Balaban J connectivity index is 2.38. The van der Waals surface area contributed by atoms with Crippen molar-refractivity contribution in [3.05, 3.63) is 11.3 Å². The molecule has 0 aromatic carbocycles. The third-order valence-electron chi connectivity index (χ3n) is 3.09. The zero-order chi connectivity index (χ0) is 15.2. The molecule has 1 atom stereocenters. The fraction of sp³-hybridized carbons (Fsp3) is 0.615. The number of nitrogens with zero attached hydrogens (tertiary/aromatic N) is 2. The minimum Gasteiger partial charge on any atom is -0.478 e. The third kappa shape index (κ3) is 2.40. The Morgan fingerprint density at radius 2 is 1.95 bits per heavy atom. The van der Waals surface area contributed by atoms with Crippen molar-refractivity contribution in [3.8, 4) is 0 Å². The number of esters is 1. The average molecular weight is 282 g/mol. The second kappa shape index (κ2) is 4.59. The molecule has 0 aromatic heterocycles. The van der Waals surface area contributed by atoms with Crippen LogP contribution in [0.5, 0.6) is 0 Å². The fourth-order valence-electron chi connectivity index (χ4n) is 2.30. The molecule has 0 saturated carbocycles. The van der Waals surface area contributed by atoms with Gasteiger partial charge in [-0.3, -0.25) is 4.79 Å². The quantitative estimate of drug-likeness (QED) is 0.737. The molecular weight excluding hydrogens is 264 g/mol. The number of carboxylic acid groups (broad SMARTS) is 1. The monoisotopic (exact) mass is 282 g/mol. The van der Waals surface area contributed by atoms with Gasteiger partial charge in [0.15, 0.2) is 5.70 Å². The summed E-state index contributed by atoms with van der Waals surface area (Å²) in [5.41, 5.74) is -1.02. The number of aliphatic carboxylic acids is 1. The van der Waals surface area contributed by atoms with Gasteiger partial charge in [-0.25, -0.2) is 19.6 Å². The summed E-state index contributed by atoms with van der Waals surface area (Å²) in [6.07, 6.45) is 0. The summed E-state index contributed by atoms with van der Waals surface area (Å²) in [6.45, 7) is 7.25. The molecule has 2 aliphatic heterocycles. The highest BCUT2D eigenvalue weighted by Gasteiger charge is 2.48. The molecule has 20 heavy (non-hydrogen) atoms. The van der Waals surface area contributed by atoms with E-state index in [2.05, 4.69) is 0 Å². The van der Waals surface area contributed by atoms with Crippen molar-refractivity contribution in [2.45, 2.75) is 33.3 Å². The molecule has 7 heteroatoms. The molecular formula is C13H18N2O5. The van der Waals surface area contributed by atoms with Crippen molar-refractivity contribution in [3.63, 3.8) is 0 Å². The number of hydrogen-bond acceptors (Lipinski definition) is 5. The molecule has 1 N–H and O–H groups in total. The first-order valence-electron chi connectivity index (χ1n) is 6.40. The number of fused-ring (bicyclic) bond motifs is 1. The Kier molecular flexibility index (Phi) is 3.33. The van der Waals surface area contributed by atoms with Gasteiger partial charge in [-0.2, -0.15) is 0 Å². The van der Waals surface area contributed by atoms with Gasteiger partial charge in [-0.15, -0.1) is 0 Å². The lowest BCUT2D eigenvalue weighted by molar-refractivity contribution is -0.156. The topological polar surface area (TPSA) is 87.2 Å². The van der Waals surface area contributed by atoms with Gasteiger partial charge in [-0.1, -0.05) is 6.92 Å². The highest BCUT2D eigenvalue weighted by molar-refractivity contribution is 6.04. The molecule has 7 nitrogen and oxygen atoms in total. The minimum absolute atomic E-state index is 0.0417. The van der Waals surface area contributed by atoms with Crippen LogP contribution in [-0.4, -0.2) is 51.7 Å². The maximum absolute atomic E-state index is 12.2. The van der Waals surface area contributed by atoms with Gasteiger partial charge in [-0.05, 0) is 20.8 Å². The van der Waals surface area contributed by atoms with Crippen LogP contribution in [0.15, 0.2) is 11.3 Å². The summed E-state index contributed by atoms with van der Waals surface area (Å²) < 4.78 is 5.21. The van der Waals surface area contributed by atoms with Crippen LogP contribution in [0, 0.1) is 5.92 Å². The van der Waals surface area contributed by atoms with Crippen LogP contribution in [-0.2, 0) is 19.1 Å². The van der Waals surface area contributed by atoms with E-state index in [0.29, 0.717) is 6.54 Å². The number of amides is 1. The highest BCUT2D eigenvalue weighted by Crippen LogP contribution is 2.32. The molecule has 1 saturated heterocycles. The summed E-state index contributed by atoms with van der Waals surface area (Å²) in [7, 11) is 0. The minimum atomic E-state index is -1.21. The number of carbonyl (C=O) groups excluding carboxylic acids is 2. The number of carboxylic acids is 1. The molecule has 0 radical (unpaired) electrons. The lowest BCUT2D eigenvalue weighted by Gasteiger charge is -2.24. The van der Waals surface area contributed by atoms with Crippen molar-refractivity contribution in [2.75, 3.05) is 13.1 Å². The molecule has 1 amide bonds. The van der Waals surface area contributed by atoms with Crippen LogP contribution >= 0.6 is 0 Å². The number of rotatable bonds is 2. The highest BCUT2D eigenvalue weighted by atomic mass is 16.6. The van der Waals surface area contributed by atoms with Gasteiger partial charge in [0.05, 0.1) is 18.0 Å². The van der Waals surface area contributed by atoms with Crippen LogP contribution in [0.2, 0.25) is 0 Å². The van der Waals surface area contributed by atoms with Crippen LogP contribution in [0.4, 0.5) is 0 Å².